The smallest absolute Gasteiger partial charge is 0.338 e. The second-order valence-electron chi connectivity index (χ2n) is 10.3. The molecule has 3 aromatic carbocycles. The molecule has 0 aliphatic carbocycles. The number of halogens is 2. The van der Waals surface area contributed by atoms with Crippen molar-refractivity contribution in [3.8, 4) is 17.2 Å². The van der Waals surface area contributed by atoms with Gasteiger partial charge in [-0.3, -0.25) is 4.79 Å². The van der Waals surface area contributed by atoms with Gasteiger partial charge in [0.1, 0.15) is 12.4 Å². The molecule has 0 saturated heterocycles. The molecule has 3 amide bonds. The number of methoxy groups -OCH3 is 1. The number of esters is 2. The Morgan fingerprint density at radius 2 is 1.65 bits per heavy atom. The molecule has 1 aliphatic heterocycles. The van der Waals surface area contributed by atoms with Gasteiger partial charge < -0.3 is 34.3 Å². The number of rotatable bonds is 14. The van der Waals surface area contributed by atoms with Crippen molar-refractivity contribution >= 4 is 62.0 Å². The molecule has 15 heteroatoms. The van der Waals surface area contributed by atoms with Crippen molar-refractivity contribution in [1.82, 2.24) is 16.1 Å². The van der Waals surface area contributed by atoms with Crippen molar-refractivity contribution in [3.63, 3.8) is 0 Å². The van der Waals surface area contributed by atoms with Gasteiger partial charge in [-0.05, 0) is 84.2 Å². The number of hydrazone groups is 1. The highest BCUT2D eigenvalue weighted by Crippen LogP contribution is 2.35. The molecule has 49 heavy (non-hydrogen) atoms. The van der Waals surface area contributed by atoms with E-state index in [9.17, 15) is 19.2 Å². The summed E-state index contributed by atoms with van der Waals surface area (Å²) < 4.78 is 28.8. The zero-order valence-corrected chi connectivity index (χ0v) is 30.2. The summed E-state index contributed by atoms with van der Waals surface area (Å²) in [5.41, 5.74) is 5.45. The molecular formula is C34H34Br2N4O9. The summed E-state index contributed by atoms with van der Waals surface area (Å²) in [4.78, 5) is 49.4. The van der Waals surface area contributed by atoms with E-state index in [0.717, 1.165) is 10.0 Å². The summed E-state index contributed by atoms with van der Waals surface area (Å²) >= 11 is 6.97. The number of hydrogen-bond donors (Lipinski definition) is 3. The van der Waals surface area contributed by atoms with E-state index in [0.29, 0.717) is 39.2 Å². The number of carbonyl (C=O) groups excluding carboxylic acids is 4. The molecule has 4 rings (SSSR count). The summed E-state index contributed by atoms with van der Waals surface area (Å²) in [5, 5.41) is 9.39. The monoisotopic (exact) mass is 800 g/mol. The first-order chi connectivity index (χ1) is 23.5. The predicted octanol–water partition coefficient (Wildman–Crippen LogP) is 5.70. The molecule has 0 bridgehead atoms. The van der Waals surface area contributed by atoms with Crippen LogP contribution in [0.1, 0.15) is 53.9 Å². The number of hydrogen-bond acceptors (Lipinski definition) is 10. The molecule has 1 heterocycles. The Bertz CT molecular complexity index is 1780. The molecule has 1 aliphatic rings. The molecule has 13 nitrogen and oxygen atoms in total. The number of nitrogens with zero attached hydrogens (tertiary/aromatic N) is 1. The number of urea groups is 1. The normalized spacial score (nSPS) is 14.1. The lowest BCUT2D eigenvalue weighted by Crippen LogP contribution is -2.45. The fourth-order valence-corrected chi connectivity index (χ4v) is 6.06. The molecule has 1 atom stereocenters. The first-order valence-electron chi connectivity index (χ1n) is 15.0. The van der Waals surface area contributed by atoms with E-state index in [1.165, 1.54) is 13.3 Å². The van der Waals surface area contributed by atoms with Crippen LogP contribution in [-0.2, 0) is 25.7 Å². The number of allylic oxidation sites excluding steroid dienone is 1. The summed E-state index contributed by atoms with van der Waals surface area (Å²) in [6.07, 6.45) is 1.44. The summed E-state index contributed by atoms with van der Waals surface area (Å²) in [6, 6.07) is 14.1. The van der Waals surface area contributed by atoms with Gasteiger partial charge in [0.2, 0.25) is 0 Å². The number of carbonyl (C=O) groups is 4. The van der Waals surface area contributed by atoms with Crippen LogP contribution in [0.25, 0.3) is 0 Å². The number of benzene rings is 3. The van der Waals surface area contributed by atoms with E-state index in [2.05, 4.69) is 53.0 Å². The van der Waals surface area contributed by atoms with E-state index in [1.54, 1.807) is 69.3 Å². The van der Waals surface area contributed by atoms with Crippen molar-refractivity contribution in [3.05, 3.63) is 97.1 Å². The van der Waals surface area contributed by atoms with Crippen molar-refractivity contribution in [2.24, 2.45) is 5.10 Å². The minimum Gasteiger partial charge on any atom is -0.493 e. The average Bonchev–Trinajstić information content (AvgIpc) is 3.06. The highest BCUT2D eigenvalue weighted by atomic mass is 79.9. The fraction of sp³-hybridized carbons (Fsp3) is 0.265. The Morgan fingerprint density at radius 3 is 2.35 bits per heavy atom. The second-order valence-corrected chi connectivity index (χ2v) is 12.1. The van der Waals surface area contributed by atoms with Gasteiger partial charge in [0, 0.05) is 15.7 Å². The van der Waals surface area contributed by atoms with Crippen LogP contribution in [0.3, 0.4) is 0 Å². The number of ether oxygens (including phenoxy) is 5. The number of nitrogens with one attached hydrogen (secondary N) is 3. The standard InChI is InChI=1S/C34H34Br2N4O9/c1-5-46-32(42)21-9-7-20(8-10-21)17-49-31-23(13-24(35)15-25(31)36)16-37-40-28(41)18-48-26-12-11-22(14-27(26)45-4)30-29(33(43)47-6-2)19(3)38-34(44)39-30/h7-16,30H,5-6,17-18H2,1-4H3,(H,40,41)(H2,38,39,44)/b37-16+/t30-/m0/s1. The minimum absolute atomic E-state index is 0.170. The van der Waals surface area contributed by atoms with Gasteiger partial charge in [-0.1, -0.05) is 34.1 Å². The van der Waals surface area contributed by atoms with Crippen molar-refractivity contribution in [2.45, 2.75) is 33.4 Å². The Labute approximate surface area is 299 Å². The average molecular weight is 802 g/mol. The maximum absolute atomic E-state index is 12.7. The van der Waals surface area contributed by atoms with Crippen LogP contribution < -0.4 is 30.3 Å². The Kier molecular flexibility index (Phi) is 13.2. The molecular weight excluding hydrogens is 768 g/mol. The van der Waals surface area contributed by atoms with E-state index in [-0.39, 0.29) is 30.3 Å². The molecule has 0 fully saturated rings. The highest BCUT2D eigenvalue weighted by molar-refractivity contribution is 9.11. The molecule has 0 saturated carbocycles. The lowest BCUT2D eigenvalue weighted by atomic mass is 9.95. The molecule has 258 valence electrons. The van der Waals surface area contributed by atoms with Crippen molar-refractivity contribution in [1.29, 1.82) is 0 Å². The van der Waals surface area contributed by atoms with Crippen molar-refractivity contribution in [2.75, 3.05) is 26.9 Å². The fourth-order valence-electron chi connectivity index (χ4n) is 4.69. The molecule has 3 N–H and O–H groups in total. The van der Waals surface area contributed by atoms with E-state index >= 15 is 0 Å². The summed E-state index contributed by atoms with van der Waals surface area (Å²) in [5.74, 6) is -0.488. The van der Waals surface area contributed by atoms with Crippen LogP contribution in [0.2, 0.25) is 0 Å². The Morgan fingerprint density at radius 1 is 0.939 bits per heavy atom. The van der Waals surface area contributed by atoms with Gasteiger partial charge in [0.25, 0.3) is 5.91 Å². The topological polar surface area (TPSA) is 163 Å². The largest absolute Gasteiger partial charge is 0.493 e. The molecule has 0 unspecified atom stereocenters. The van der Waals surface area contributed by atoms with Gasteiger partial charge in [0.15, 0.2) is 18.1 Å². The molecule has 3 aromatic rings. The minimum atomic E-state index is -0.794. The SMILES string of the molecule is CCOC(=O)C1=C(C)NC(=O)N[C@H]1c1ccc(OCC(=O)N/N=C/c2cc(Br)cc(Br)c2OCc2ccc(C(=O)OCC)cc2)c(OC)c1. The predicted molar refractivity (Wildman–Crippen MR) is 187 cm³/mol. The molecule has 0 spiro atoms. The quantitative estimate of drug-likeness (QED) is 0.106. The van der Waals surface area contributed by atoms with Gasteiger partial charge in [0.05, 0.1) is 48.2 Å². The van der Waals surface area contributed by atoms with Crippen LogP contribution in [0.5, 0.6) is 17.2 Å². The maximum atomic E-state index is 12.7. The number of amides is 3. The molecule has 0 radical (unpaired) electrons. The Hall–Kier alpha value is -4.89. The van der Waals surface area contributed by atoms with E-state index < -0.39 is 36.5 Å². The second kappa shape index (κ2) is 17.5. The van der Waals surface area contributed by atoms with Gasteiger partial charge in [-0.15, -0.1) is 0 Å². The highest BCUT2D eigenvalue weighted by Gasteiger charge is 2.32. The lowest BCUT2D eigenvalue weighted by molar-refractivity contribution is -0.139. The zero-order valence-electron chi connectivity index (χ0n) is 27.1. The van der Waals surface area contributed by atoms with Crippen LogP contribution in [-0.4, -0.2) is 57.0 Å². The third-order valence-electron chi connectivity index (χ3n) is 6.92. The van der Waals surface area contributed by atoms with Crippen LogP contribution in [0, 0.1) is 0 Å². The first kappa shape index (κ1) is 36.9. The maximum Gasteiger partial charge on any atom is 0.338 e. The van der Waals surface area contributed by atoms with Gasteiger partial charge in [-0.2, -0.15) is 5.10 Å². The van der Waals surface area contributed by atoms with Crippen molar-refractivity contribution < 1.29 is 42.9 Å². The van der Waals surface area contributed by atoms with Gasteiger partial charge >= 0.3 is 18.0 Å². The third kappa shape index (κ3) is 9.83. The van der Waals surface area contributed by atoms with Crippen LogP contribution >= 0.6 is 31.9 Å². The lowest BCUT2D eigenvalue weighted by Gasteiger charge is -2.28. The van der Waals surface area contributed by atoms with Crippen LogP contribution in [0.15, 0.2) is 79.9 Å². The van der Waals surface area contributed by atoms with Crippen LogP contribution in [0.4, 0.5) is 4.79 Å². The zero-order chi connectivity index (χ0) is 35.5. The Balaban J connectivity index is 1.39. The van der Waals surface area contributed by atoms with E-state index in [1.807, 2.05) is 6.07 Å². The molecule has 0 aromatic heterocycles. The van der Waals surface area contributed by atoms with E-state index in [4.69, 9.17) is 23.7 Å². The summed E-state index contributed by atoms with van der Waals surface area (Å²) in [7, 11) is 1.43. The first-order valence-corrected chi connectivity index (χ1v) is 16.6. The summed E-state index contributed by atoms with van der Waals surface area (Å²) in [6.45, 7) is 5.34. The third-order valence-corrected chi connectivity index (χ3v) is 7.97. The van der Waals surface area contributed by atoms with Gasteiger partial charge in [-0.25, -0.2) is 19.8 Å².